The summed E-state index contributed by atoms with van der Waals surface area (Å²) in [6, 6.07) is 0. The van der Waals surface area contributed by atoms with Crippen molar-refractivity contribution in [3.05, 3.63) is 0 Å². The number of carbonyl (C=O) groups excluding carboxylic acids is 5. The SMILES string of the molecule is O=C(CN1C(=O)CCC1O)C(O)C(O)C(=O)ON1C(=O)CCC1=O. The predicted molar refractivity (Wildman–Crippen MR) is 71.2 cm³/mol. The molecule has 11 heteroatoms. The number of nitrogens with zero attached hydrogens (tertiary/aromatic N) is 2. The fraction of sp³-hybridized carbons (Fsp3) is 0.615. The van der Waals surface area contributed by atoms with Crippen LogP contribution >= 0.6 is 0 Å². The number of hydrogen-bond acceptors (Lipinski definition) is 9. The van der Waals surface area contributed by atoms with E-state index >= 15 is 0 Å². The molecule has 0 radical (unpaired) electrons. The highest BCUT2D eigenvalue weighted by Gasteiger charge is 2.39. The molecule has 3 atom stereocenters. The van der Waals surface area contributed by atoms with Crippen molar-refractivity contribution in [1.82, 2.24) is 9.96 Å². The van der Waals surface area contributed by atoms with Crippen molar-refractivity contribution in [2.24, 2.45) is 0 Å². The third-order valence-electron chi connectivity index (χ3n) is 3.68. The summed E-state index contributed by atoms with van der Waals surface area (Å²) in [5, 5.41) is 29.0. The van der Waals surface area contributed by atoms with E-state index in [1.165, 1.54) is 0 Å². The van der Waals surface area contributed by atoms with Gasteiger partial charge in [-0.3, -0.25) is 19.2 Å². The lowest BCUT2D eigenvalue weighted by molar-refractivity contribution is -0.206. The molecule has 2 aliphatic rings. The van der Waals surface area contributed by atoms with E-state index in [2.05, 4.69) is 4.84 Å². The molecule has 2 aliphatic heterocycles. The van der Waals surface area contributed by atoms with E-state index in [1.807, 2.05) is 0 Å². The lowest BCUT2D eigenvalue weighted by Gasteiger charge is -2.23. The fourth-order valence-corrected chi connectivity index (χ4v) is 2.28. The number of likely N-dealkylation sites (tertiary alicyclic amines) is 1. The van der Waals surface area contributed by atoms with Crippen LogP contribution in [0.15, 0.2) is 0 Å². The summed E-state index contributed by atoms with van der Waals surface area (Å²) >= 11 is 0. The molecular formula is C13H16N2O9. The van der Waals surface area contributed by atoms with Gasteiger partial charge in [0.25, 0.3) is 11.8 Å². The molecule has 0 bridgehead atoms. The van der Waals surface area contributed by atoms with Crippen molar-refractivity contribution < 1.29 is 44.1 Å². The lowest BCUT2D eigenvalue weighted by atomic mass is 10.1. The van der Waals surface area contributed by atoms with E-state index in [9.17, 15) is 39.3 Å². The van der Waals surface area contributed by atoms with E-state index < -0.39 is 54.5 Å². The molecule has 3 N–H and O–H groups in total. The second-order valence-corrected chi connectivity index (χ2v) is 5.39. The van der Waals surface area contributed by atoms with E-state index in [4.69, 9.17) is 0 Å². The maximum atomic E-state index is 11.8. The number of aliphatic hydroxyl groups excluding tert-OH is 3. The summed E-state index contributed by atoms with van der Waals surface area (Å²) in [6.45, 7) is -0.701. The van der Waals surface area contributed by atoms with Crippen molar-refractivity contribution in [3.63, 3.8) is 0 Å². The number of hydroxylamine groups is 2. The van der Waals surface area contributed by atoms with Crippen molar-refractivity contribution in [3.8, 4) is 0 Å². The summed E-state index contributed by atoms with van der Waals surface area (Å²) < 4.78 is 0. The Morgan fingerprint density at radius 3 is 2.12 bits per heavy atom. The first kappa shape index (κ1) is 18.0. The number of Topliss-reactive ketones (excluding diaryl/α,β-unsaturated/α-hetero) is 1. The molecule has 2 fully saturated rings. The van der Waals surface area contributed by atoms with Crippen LogP contribution in [-0.4, -0.2) is 79.7 Å². The zero-order valence-electron chi connectivity index (χ0n) is 12.5. The van der Waals surface area contributed by atoms with E-state index in [1.54, 1.807) is 0 Å². The minimum atomic E-state index is -2.35. The second-order valence-electron chi connectivity index (χ2n) is 5.39. The summed E-state index contributed by atoms with van der Waals surface area (Å²) in [5.41, 5.74) is 0. The van der Waals surface area contributed by atoms with Gasteiger partial charge < -0.3 is 25.1 Å². The maximum absolute atomic E-state index is 11.8. The average molecular weight is 344 g/mol. The Bertz CT molecular complexity index is 574. The van der Waals surface area contributed by atoms with Crippen molar-refractivity contribution in [1.29, 1.82) is 0 Å². The van der Waals surface area contributed by atoms with Crippen LogP contribution in [0.1, 0.15) is 25.7 Å². The molecular weight excluding hydrogens is 328 g/mol. The first-order valence-corrected chi connectivity index (χ1v) is 7.16. The normalized spacial score (nSPS) is 23.6. The van der Waals surface area contributed by atoms with Crippen molar-refractivity contribution in [2.75, 3.05) is 6.54 Å². The van der Waals surface area contributed by atoms with Gasteiger partial charge in [-0.05, 0) is 0 Å². The largest absolute Gasteiger partial charge is 0.382 e. The number of amides is 3. The Labute approximate surface area is 135 Å². The monoisotopic (exact) mass is 344 g/mol. The van der Waals surface area contributed by atoms with Crippen LogP contribution in [0.25, 0.3) is 0 Å². The minimum Gasteiger partial charge on any atom is -0.382 e. The summed E-state index contributed by atoms with van der Waals surface area (Å²) in [7, 11) is 0. The quantitative estimate of drug-likeness (QED) is 0.422. The molecule has 11 nitrogen and oxygen atoms in total. The molecule has 3 amide bonds. The van der Waals surface area contributed by atoms with Crippen molar-refractivity contribution in [2.45, 2.75) is 44.1 Å². The van der Waals surface area contributed by atoms with Gasteiger partial charge in [-0.15, -0.1) is 5.06 Å². The highest BCUT2D eigenvalue weighted by molar-refractivity contribution is 6.02. The van der Waals surface area contributed by atoms with Gasteiger partial charge in [0.15, 0.2) is 18.0 Å². The average Bonchev–Trinajstić information content (AvgIpc) is 3.03. The Morgan fingerprint density at radius 2 is 1.62 bits per heavy atom. The number of hydrogen-bond donors (Lipinski definition) is 3. The Hall–Kier alpha value is -2.37. The number of imide groups is 1. The highest BCUT2D eigenvalue weighted by atomic mass is 16.7. The fourth-order valence-electron chi connectivity index (χ4n) is 2.28. The molecule has 0 spiro atoms. The van der Waals surface area contributed by atoms with Crippen LogP contribution in [0.3, 0.4) is 0 Å². The molecule has 0 aliphatic carbocycles. The predicted octanol–water partition coefficient (Wildman–Crippen LogP) is -3.17. The third-order valence-corrected chi connectivity index (χ3v) is 3.68. The van der Waals surface area contributed by atoms with Gasteiger partial charge in [0.2, 0.25) is 5.91 Å². The number of rotatable bonds is 6. The number of ketones is 1. The molecule has 2 saturated heterocycles. The molecule has 3 unspecified atom stereocenters. The van der Waals surface area contributed by atoms with Crippen LogP contribution in [-0.2, 0) is 28.8 Å². The van der Waals surface area contributed by atoms with Gasteiger partial charge >= 0.3 is 5.97 Å². The van der Waals surface area contributed by atoms with Gasteiger partial charge in [0.05, 0.1) is 6.54 Å². The van der Waals surface area contributed by atoms with Crippen LogP contribution in [0.4, 0.5) is 0 Å². The molecule has 2 heterocycles. The van der Waals surface area contributed by atoms with Gasteiger partial charge in [0.1, 0.15) is 6.23 Å². The van der Waals surface area contributed by atoms with E-state index in [0.717, 1.165) is 4.90 Å². The molecule has 0 saturated carbocycles. The van der Waals surface area contributed by atoms with Crippen LogP contribution < -0.4 is 0 Å². The lowest BCUT2D eigenvalue weighted by Crippen LogP contribution is -2.48. The molecule has 0 aromatic heterocycles. The zero-order valence-corrected chi connectivity index (χ0v) is 12.5. The van der Waals surface area contributed by atoms with Gasteiger partial charge in [-0.2, -0.15) is 0 Å². The Balaban J connectivity index is 1.92. The summed E-state index contributed by atoms with van der Waals surface area (Å²) in [4.78, 5) is 62.7. The molecule has 0 aromatic rings. The maximum Gasteiger partial charge on any atom is 0.364 e. The van der Waals surface area contributed by atoms with Gasteiger partial charge in [0, 0.05) is 25.7 Å². The first-order chi connectivity index (χ1) is 11.2. The van der Waals surface area contributed by atoms with E-state index in [0.29, 0.717) is 0 Å². The standard InChI is InChI=1S/C13H16N2O9/c16-6(5-14-7(17)1-2-8(14)18)11(21)12(22)13(23)24-15-9(19)3-4-10(15)20/h7,11-12,17,21-22H,1-5H2. The van der Waals surface area contributed by atoms with Gasteiger partial charge in [-0.1, -0.05) is 0 Å². The molecule has 132 valence electrons. The molecule has 2 rings (SSSR count). The molecule has 0 aromatic carbocycles. The number of aliphatic hydroxyl groups is 3. The highest BCUT2D eigenvalue weighted by Crippen LogP contribution is 2.17. The van der Waals surface area contributed by atoms with E-state index in [-0.39, 0.29) is 30.7 Å². The topological polar surface area (TPSA) is 162 Å². The molecule has 24 heavy (non-hydrogen) atoms. The number of carbonyl (C=O) groups is 5. The smallest absolute Gasteiger partial charge is 0.364 e. The van der Waals surface area contributed by atoms with Gasteiger partial charge in [-0.25, -0.2) is 4.79 Å². The minimum absolute atomic E-state index is 0.0360. The third kappa shape index (κ3) is 3.58. The van der Waals surface area contributed by atoms with Crippen molar-refractivity contribution >= 4 is 29.5 Å². The summed E-state index contributed by atoms with van der Waals surface area (Å²) in [6.07, 6.45) is -5.92. The Kier molecular flexibility index (Phi) is 5.26. The zero-order chi connectivity index (χ0) is 18.0. The second kappa shape index (κ2) is 7.03. The van der Waals surface area contributed by atoms with Crippen LogP contribution in [0.2, 0.25) is 0 Å². The van der Waals surface area contributed by atoms with Crippen LogP contribution in [0, 0.1) is 0 Å². The summed E-state index contributed by atoms with van der Waals surface area (Å²) in [5.74, 6) is -4.74. The Morgan fingerprint density at radius 1 is 1.04 bits per heavy atom. The van der Waals surface area contributed by atoms with Crippen LogP contribution in [0.5, 0.6) is 0 Å². The first-order valence-electron chi connectivity index (χ1n) is 7.16.